The van der Waals surface area contributed by atoms with E-state index in [0.29, 0.717) is 0 Å². The summed E-state index contributed by atoms with van der Waals surface area (Å²) in [6.07, 6.45) is 2.36. The first-order valence-corrected chi connectivity index (χ1v) is 7.52. The fourth-order valence-electron chi connectivity index (χ4n) is 2.38. The molecule has 1 aromatic carbocycles. The van der Waals surface area contributed by atoms with Gasteiger partial charge >= 0.3 is 0 Å². The van der Waals surface area contributed by atoms with E-state index >= 15 is 0 Å². The Balaban J connectivity index is 1.87. The lowest BCUT2D eigenvalue weighted by atomic mass is 10.00. The number of benzene rings is 1. The molecule has 1 aliphatic heterocycles. The van der Waals surface area contributed by atoms with Crippen LogP contribution in [-0.4, -0.2) is 31.7 Å². The van der Waals surface area contributed by atoms with Gasteiger partial charge in [0.05, 0.1) is 0 Å². The molecule has 1 aliphatic rings. The van der Waals surface area contributed by atoms with Crippen LogP contribution in [0, 0.1) is 5.92 Å². The summed E-state index contributed by atoms with van der Waals surface area (Å²) < 4.78 is 6.42. The third-order valence-electron chi connectivity index (χ3n) is 3.37. The molecule has 0 radical (unpaired) electrons. The van der Waals surface area contributed by atoms with Gasteiger partial charge in [-0.05, 0) is 43.5 Å². The monoisotopic (exact) mass is 331 g/mol. The zero-order valence-corrected chi connectivity index (χ0v) is 13.0. The van der Waals surface area contributed by atoms with Gasteiger partial charge in [-0.3, -0.25) is 0 Å². The SMILES string of the molecule is CN(Cc1ccc(Br)cc1Cl)CC1CCOCC1. The van der Waals surface area contributed by atoms with E-state index in [-0.39, 0.29) is 0 Å². The molecule has 0 aromatic heterocycles. The standard InChI is InChI=1S/C14H19BrClNO/c1-17(9-11-4-6-18-7-5-11)10-12-2-3-13(15)8-14(12)16/h2-3,8,11H,4-7,9-10H2,1H3. The van der Waals surface area contributed by atoms with E-state index in [9.17, 15) is 0 Å². The van der Waals surface area contributed by atoms with Crippen LogP contribution in [-0.2, 0) is 11.3 Å². The lowest BCUT2D eigenvalue weighted by Crippen LogP contribution is -2.29. The highest BCUT2D eigenvalue weighted by molar-refractivity contribution is 9.10. The minimum Gasteiger partial charge on any atom is -0.381 e. The first kappa shape index (κ1) is 14.3. The Labute approximate surface area is 122 Å². The Morgan fingerprint density at radius 1 is 1.39 bits per heavy atom. The molecule has 1 aromatic rings. The highest BCUT2D eigenvalue weighted by Crippen LogP contribution is 2.23. The summed E-state index contributed by atoms with van der Waals surface area (Å²) in [6.45, 7) is 3.86. The van der Waals surface area contributed by atoms with Crippen LogP contribution in [0.1, 0.15) is 18.4 Å². The van der Waals surface area contributed by atoms with Crippen molar-refractivity contribution in [3.63, 3.8) is 0 Å². The fourth-order valence-corrected chi connectivity index (χ4v) is 3.11. The minimum absolute atomic E-state index is 0.762. The molecule has 1 fully saturated rings. The average Bonchev–Trinajstić information content (AvgIpc) is 2.34. The molecule has 0 bridgehead atoms. The molecular formula is C14H19BrClNO. The highest BCUT2D eigenvalue weighted by Gasteiger charge is 2.16. The van der Waals surface area contributed by atoms with Gasteiger partial charge in [0.15, 0.2) is 0 Å². The second kappa shape index (κ2) is 6.90. The highest BCUT2D eigenvalue weighted by atomic mass is 79.9. The molecule has 0 N–H and O–H groups in total. The van der Waals surface area contributed by atoms with E-state index in [0.717, 1.165) is 41.7 Å². The summed E-state index contributed by atoms with van der Waals surface area (Å²) in [6, 6.07) is 6.09. The quantitative estimate of drug-likeness (QED) is 0.827. The molecule has 0 aliphatic carbocycles. The predicted octanol–water partition coefficient (Wildman–Crippen LogP) is 3.96. The van der Waals surface area contributed by atoms with Crippen LogP contribution >= 0.6 is 27.5 Å². The maximum absolute atomic E-state index is 6.24. The Hall–Kier alpha value is -0.0900. The van der Waals surface area contributed by atoms with Crippen molar-refractivity contribution in [2.24, 2.45) is 5.92 Å². The van der Waals surface area contributed by atoms with E-state index in [2.05, 4.69) is 33.9 Å². The number of nitrogens with zero attached hydrogens (tertiary/aromatic N) is 1. The third kappa shape index (κ3) is 4.23. The van der Waals surface area contributed by atoms with Crippen LogP contribution in [0.2, 0.25) is 5.02 Å². The van der Waals surface area contributed by atoms with E-state index < -0.39 is 0 Å². The first-order chi connectivity index (χ1) is 8.65. The number of hydrogen-bond acceptors (Lipinski definition) is 2. The summed E-state index contributed by atoms with van der Waals surface area (Å²) in [7, 11) is 2.16. The molecular weight excluding hydrogens is 314 g/mol. The number of rotatable bonds is 4. The largest absolute Gasteiger partial charge is 0.381 e. The van der Waals surface area contributed by atoms with Crippen molar-refractivity contribution in [2.75, 3.05) is 26.8 Å². The molecule has 1 saturated heterocycles. The molecule has 2 rings (SSSR count). The Bertz CT molecular complexity index is 393. The van der Waals surface area contributed by atoms with Gasteiger partial charge in [0.25, 0.3) is 0 Å². The molecule has 0 unspecified atom stereocenters. The van der Waals surface area contributed by atoms with Crippen molar-refractivity contribution < 1.29 is 4.74 Å². The van der Waals surface area contributed by atoms with Crippen LogP contribution in [0.25, 0.3) is 0 Å². The second-order valence-corrected chi connectivity index (χ2v) is 6.31. The number of hydrogen-bond donors (Lipinski definition) is 0. The topological polar surface area (TPSA) is 12.5 Å². The first-order valence-electron chi connectivity index (χ1n) is 6.35. The zero-order valence-electron chi connectivity index (χ0n) is 10.7. The predicted molar refractivity (Wildman–Crippen MR) is 79.0 cm³/mol. The second-order valence-electron chi connectivity index (χ2n) is 4.99. The summed E-state index contributed by atoms with van der Waals surface area (Å²) in [5.41, 5.74) is 1.19. The molecule has 0 saturated carbocycles. The minimum atomic E-state index is 0.762. The van der Waals surface area contributed by atoms with Gasteiger partial charge in [-0.2, -0.15) is 0 Å². The van der Waals surface area contributed by atoms with E-state index in [1.807, 2.05) is 12.1 Å². The van der Waals surface area contributed by atoms with Crippen molar-refractivity contribution in [3.05, 3.63) is 33.3 Å². The summed E-state index contributed by atoms with van der Waals surface area (Å²) in [5.74, 6) is 0.762. The number of halogens is 2. The molecule has 4 heteroatoms. The van der Waals surface area contributed by atoms with Gasteiger partial charge in [0, 0.05) is 35.8 Å². The van der Waals surface area contributed by atoms with Gasteiger partial charge in [-0.15, -0.1) is 0 Å². The molecule has 0 atom stereocenters. The molecule has 18 heavy (non-hydrogen) atoms. The van der Waals surface area contributed by atoms with Crippen molar-refractivity contribution >= 4 is 27.5 Å². The normalized spacial score (nSPS) is 17.3. The van der Waals surface area contributed by atoms with Crippen molar-refractivity contribution in [2.45, 2.75) is 19.4 Å². The molecule has 0 amide bonds. The lowest BCUT2D eigenvalue weighted by Gasteiger charge is -2.27. The number of ether oxygens (including phenoxy) is 1. The van der Waals surface area contributed by atoms with Gasteiger partial charge < -0.3 is 9.64 Å². The van der Waals surface area contributed by atoms with Gasteiger partial charge in [-0.25, -0.2) is 0 Å². The Morgan fingerprint density at radius 2 is 2.11 bits per heavy atom. The fraction of sp³-hybridized carbons (Fsp3) is 0.571. The molecule has 1 heterocycles. The van der Waals surface area contributed by atoms with E-state index in [1.54, 1.807) is 0 Å². The van der Waals surface area contributed by atoms with E-state index in [4.69, 9.17) is 16.3 Å². The van der Waals surface area contributed by atoms with Crippen LogP contribution in [0.3, 0.4) is 0 Å². The van der Waals surface area contributed by atoms with Crippen LogP contribution in [0.4, 0.5) is 0 Å². The summed E-state index contributed by atoms with van der Waals surface area (Å²) in [5, 5.41) is 0.836. The summed E-state index contributed by atoms with van der Waals surface area (Å²) in [4.78, 5) is 2.35. The van der Waals surface area contributed by atoms with Crippen LogP contribution < -0.4 is 0 Å². The molecule has 0 spiro atoms. The van der Waals surface area contributed by atoms with Crippen molar-refractivity contribution in [1.29, 1.82) is 0 Å². The third-order valence-corrected chi connectivity index (χ3v) is 4.21. The van der Waals surface area contributed by atoms with E-state index in [1.165, 1.54) is 18.4 Å². The van der Waals surface area contributed by atoms with Crippen LogP contribution in [0.15, 0.2) is 22.7 Å². The molecule has 2 nitrogen and oxygen atoms in total. The average molecular weight is 333 g/mol. The smallest absolute Gasteiger partial charge is 0.0469 e. The summed E-state index contributed by atoms with van der Waals surface area (Å²) >= 11 is 9.67. The maximum atomic E-state index is 6.24. The Morgan fingerprint density at radius 3 is 2.78 bits per heavy atom. The molecule has 100 valence electrons. The van der Waals surface area contributed by atoms with Crippen molar-refractivity contribution in [3.8, 4) is 0 Å². The van der Waals surface area contributed by atoms with Crippen molar-refractivity contribution in [1.82, 2.24) is 4.90 Å². The zero-order chi connectivity index (χ0) is 13.0. The van der Waals surface area contributed by atoms with Gasteiger partial charge in [-0.1, -0.05) is 33.6 Å². The lowest BCUT2D eigenvalue weighted by molar-refractivity contribution is 0.0549. The van der Waals surface area contributed by atoms with Gasteiger partial charge in [0.1, 0.15) is 0 Å². The van der Waals surface area contributed by atoms with Gasteiger partial charge in [0.2, 0.25) is 0 Å². The van der Waals surface area contributed by atoms with Crippen LogP contribution in [0.5, 0.6) is 0 Å². The Kier molecular flexibility index (Phi) is 5.49. The maximum Gasteiger partial charge on any atom is 0.0469 e.